The van der Waals surface area contributed by atoms with Gasteiger partial charge < -0.3 is 15.9 Å². The van der Waals surface area contributed by atoms with Gasteiger partial charge in [-0.25, -0.2) is 4.79 Å². The minimum absolute atomic E-state index is 0.245. The van der Waals surface area contributed by atoms with E-state index in [4.69, 9.17) is 10.8 Å². The van der Waals surface area contributed by atoms with Crippen LogP contribution in [0, 0.1) is 16.7 Å². The van der Waals surface area contributed by atoms with E-state index in [1.807, 2.05) is 0 Å². The van der Waals surface area contributed by atoms with Gasteiger partial charge in [0.2, 0.25) is 0 Å². The Morgan fingerprint density at radius 3 is 2.18 bits per heavy atom. The number of carboxylic acids is 1. The van der Waals surface area contributed by atoms with E-state index in [1.54, 1.807) is 0 Å². The minimum Gasteiger partial charge on any atom is -0.479 e. The molecule has 1 rings (SSSR count). The monoisotopic (exact) mass is 243 g/mol. The zero-order valence-corrected chi connectivity index (χ0v) is 11.1. The molecule has 1 aliphatic carbocycles. The Labute approximate surface area is 103 Å². The summed E-state index contributed by atoms with van der Waals surface area (Å²) in [5.74, 6) is -0.562. The summed E-state index contributed by atoms with van der Waals surface area (Å²) in [6.45, 7) is 6.87. The first kappa shape index (κ1) is 14.5. The molecule has 0 amide bonds. The number of aliphatic carboxylic acids is 1. The molecule has 4 N–H and O–H groups in total. The van der Waals surface area contributed by atoms with Gasteiger partial charge in [-0.05, 0) is 37.0 Å². The van der Waals surface area contributed by atoms with Crippen molar-refractivity contribution in [2.75, 3.05) is 6.54 Å². The third-order valence-electron chi connectivity index (χ3n) is 4.43. The van der Waals surface area contributed by atoms with Crippen LogP contribution in [0.25, 0.3) is 0 Å². The lowest BCUT2D eigenvalue weighted by Crippen LogP contribution is -2.49. The van der Waals surface area contributed by atoms with Gasteiger partial charge in [0.15, 0.2) is 6.10 Å². The second kappa shape index (κ2) is 4.94. The highest BCUT2D eigenvalue weighted by molar-refractivity contribution is 5.73. The molecule has 0 saturated heterocycles. The summed E-state index contributed by atoms with van der Waals surface area (Å²) in [5, 5.41) is 18.8. The molecule has 17 heavy (non-hydrogen) atoms. The summed E-state index contributed by atoms with van der Waals surface area (Å²) in [6, 6.07) is 0. The molecule has 4 nitrogen and oxygen atoms in total. The molecular formula is C13H25NO3. The molecule has 0 aromatic carbocycles. The summed E-state index contributed by atoms with van der Waals surface area (Å²) in [5.41, 5.74) is 5.34. The Morgan fingerprint density at radius 2 is 1.88 bits per heavy atom. The molecule has 100 valence electrons. The maximum absolute atomic E-state index is 10.9. The number of hydrogen-bond donors (Lipinski definition) is 3. The van der Waals surface area contributed by atoms with Gasteiger partial charge in [0.1, 0.15) is 0 Å². The van der Waals surface area contributed by atoms with E-state index in [1.165, 1.54) is 0 Å². The van der Waals surface area contributed by atoms with Crippen molar-refractivity contribution in [3.05, 3.63) is 0 Å². The number of carbonyl (C=O) groups is 1. The van der Waals surface area contributed by atoms with Crippen molar-refractivity contribution in [1.29, 1.82) is 0 Å². The molecule has 1 unspecified atom stereocenters. The summed E-state index contributed by atoms with van der Waals surface area (Å²) >= 11 is 0. The van der Waals surface area contributed by atoms with Crippen LogP contribution in [-0.4, -0.2) is 28.8 Å². The van der Waals surface area contributed by atoms with Crippen LogP contribution in [0.4, 0.5) is 0 Å². The molecule has 0 spiro atoms. The highest BCUT2D eigenvalue weighted by atomic mass is 16.4. The van der Waals surface area contributed by atoms with Crippen LogP contribution in [0.3, 0.4) is 0 Å². The maximum atomic E-state index is 10.9. The topological polar surface area (TPSA) is 83.5 Å². The Bertz CT molecular complexity index is 275. The van der Waals surface area contributed by atoms with E-state index < -0.39 is 17.5 Å². The third-order valence-corrected chi connectivity index (χ3v) is 4.43. The van der Waals surface area contributed by atoms with Gasteiger partial charge in [-0.15, -0.1) is 0 Å². The van der Waals surface area contributed by atoms with Crippen molar-refractivity contribution in [3.63, 3.8) is 0 Å². The summed E-state index contributed by atoms with van der Waals surface area (Å²) < 4.78 is 0. The predicted octanol–water partition coefficient (Wildman–Crippen LogP) is 1.61. The predicted molar refractivity (Wildman–Crippen MR) is 66.5 cm³/mol. The second-order valence-corrected chi connectivity index (χ2v) is 6.45. The van der Waals surface area contributed by atoms with Gasteiger partial charge in [0.25, 0.3) is 0 Å². The van der Waals surface area contributed by atoms with E-state index in [2.05, 4.69) is 20.8 Å². The molecule has 1 atom stereocenters. The molecule has 1 aliphatic rings. The van der Waals surface area contributed by atoms with Crippen LogP contribution in [0.5, 0.6) is 0 Å². The van der Waals surface area contributed by atoms with E-state index >= 15 is 0 Å². The van der Waals surface area contributed by atoms with E-state index in [-0.39, 0.29) is 12.0 Å². The Hall–Kier alpha value is -0.610. The molecule has 4 heteroatoms. The number of carboxylic acid groups (broad SMARTS) is 1. The lowest BCUT2D eigenvalue weighted by atomic mass is 9.62. The van der Waals surface area contributed by atoms with Crippen LogP contribution < -0.4 is 5.73 Å². The molecule has 0 aromatic heterocycles. The van der Waals surface area contributed by atoms with Gasteiger partial charge in [-0.3, -0.25) is 0 Å². The average molecular weight is 243 g/mol. The Kier molecular flexibility index (Phi) is 4.20. The molecule has 0 aliphatic heterocycles. The number of rotatable bonds is 3. The zero-order chi connectivity index (χ0) is 13.3. The first-order chi connectivity index (χ1) is 7.73. The van der Waals surface area contributed by atoms with Crippen molar-refractivity contribution in [2.24, 2.45) is 22.5 Å². The average Bonchev–Trinajstić information content (AvgIpc) is 2.26. The van der Waals surface area contributed by atoms with Crippen LogP contribution in [-0.2, 0) is 4.79 Å². The van der Waals surface area contributed by atoms with E-state index in [0.717, 1.165) is 12.8 Å². The van der Waals surface area contributed by atoms with Crippen molar-refractivity contribution in [3.8, 4) is 0 Å². The first-order valence-electron chi connectivity index (χ1n) is 6.34. The van der Waals surface area contributed by atoms with Gasteiger partial charge >= 0.3 is 5.97 Å². The number of aliphatic hydroxyl groups is 1. The Balaban J connectivity index is 2.73. The quantitative estimate of drug-likeness (QED) is 0.703. The summed E-state index contributed by atoms with van der Waals surface area (Å²) in [7, 11) is 0. The smallest absolute Gasteiger partial charge is 0.333 e. The van der Waals surface area contributed by atoms with E-state index in [9.17, 15) is 9.90 Å². The highest BCUT2D eigenvalue weighted by Crippen LogP contribution is 2.46. The van der Waals surface area contributed by atoms with Gasteiger partial charge in [0, 0.05) is 12.0 Å². The van der Waals surface area contributed by atoms with Crippen molar-refractivity contribution < 1.29 is 15.0 Å². The molecule has 0 radical (unpaired) electrons. The molecule has 1 saturated carbocycles. The number of hydrogen-bond acceptors (Lipinski definition) is 3. The highest BCUT2D eigenvalue weighted by Gasteiger charge is 2.45. The normalized spacial score (nSPS) is 32.2. The van der Waals surface area contributed by atoms with Crippen LogP contribution in [0.2, 0.25) is 0 Å². The zero-order valence-electron chi connectivity index (χ0n) is 11.1. The molecule has 0 aromatic rings. The van der Waals surface area contributed by atoms with Gasteiger partial charge in [-0.2, -0.15) is 0 Å². The maximum Gasteiger partial charge on any atom is 0.333 e. The molecule has 0 heterocycles. The largest absolute Gasteiger partial charge is 0.479 e. The minimum atomic E-state index is -1.33. The van der Waals surface area contributed by atoms with Crippen LogP contribution in [0.15, 0.2) is 0 Å². The number of aliphatic hydroxyl groups excluding tert-OH is 1. The Morgan fingerprint density at radius 1 is 1.41 bits per heavy atom. The van der Waals surface area contributed by atoms with Crippen molar-refractivity contribution in [2.45, 2.75) is 52.6 Å². The SMILES string of the molecule is CC(C)(C)C1CCC(CN)(C(O)C(=O)O)CC1. The van der Waals surface area contributed by atoms with E-state index in [0.29, 0.717) is 18.8 Å². The van der Waals surface area contributed by atoms with Gasteiger partial charge in [-0.1, -0.05) is 20.8 Å². The second-order valence-electron chi connectivity index (χ2n) is 6.45. The van der Waals surface area contributed by atoms with Crippen molar-refractivity contribution in [1.82, 2.24) is 0 Å². The summed E-state index contributed by atoms with van der Waals surface area (Å²) in [4.78, 5) is 10.9. The first-order valence-corrected chi connectivity index (χ1v) is 6.34. The molecule has 1 fully saturated rings. The summed E-state index contributed by atoms with van der Waals surface area (Å²) in [6.07, 6.45) is 1.99. The molecular weight excluding hydrogens is 218 g/mol. The van der Waals surface area contributed by atoms with Crippen LogP contribution in [0.1, 0.15) is 46.5 Å². The fraction of sp³-hybridized carbons (Fsp3) is 0.923. The van der Waals surface area contributed by atoms with Gasteiger partial charge in [0.05, 0.1) is 0 Å². The fourth-order valence-electron chi connectivity index (χ4n) is 2.91. The third kappa shape index (κ3) is 2.99. The van der Waals surface area contributed by atoms with Crippen LogP contribution >= 0.6 is 0 Å². The van der Waals surface area contributed by atoms with Crippen molar-refractivity contribution >= 4 is 5.97 Å². The molecule has 0 bridgehead atoms. The fourth-order valence-corrected chi connectivity index (χ4v) is 2.91. The number of nitrogens with two attached hydrogens (primary N) is 1. The lowest BCUT2D eigenvalue weighted by molar-refractivity contribution is -0.157. The standard InChI is InChI=1S/C13H25NO3/c1-12(2,3)9-4-6-13(8-14,7-5-9)10(15)11(16)17/h9-10,15H,4-8,14H2,1-3H3,(H,16,17). The lowest BCUT2D eigenvalue weighted by Gasteiger charge is -2.44.